The molecule has 1 saturated heterocycles. The van der Waals surface area contributed by atoms with Crippen LogP contribution in [0.1, 0.15) is 12.8 Å². The van der Waals surface area contributed by atoms with Gasteiger partial charge in [0, 0.05) is 31.0 Å². The molecular weight excluding hydrogens is 360 g/mol. The van der Waals surface area contributed by atoms with E-state index in [9.17, 15) is 0 Å². The summed E-state index contributed by atoms with van der Waals surface area (Å²) >= 11 is 0. The van der Waals surface area contributed by atoms with Crippen LogP contribution in [0.25, 0.3) is 33.4 Å². The van der Waals surface area contributed by atoms with Crippen LogP contribution < -0.4 is 9.64 Å². The molecule has 0 bridgehead atoms. The van der Waals surface area contributed by atoms with Crippen LogP contribution in [0.5, 0.6) is 5.75 Å². The monoisotopic (exact) mass is 382 g/mol. The van der Waals surface area contributed by atoms with E-state index in [0.717, 1.165) is 58.1 Å². The summed E-state index contributed by atoms with van der Waals surface area (Å²) in [6.07, 6.45) is 5.97. The van der Waals surface area contributed by atoms with Crippen LogP contribution in [0.2, 0.25) is 0 Å². The predicted molar refractivity (Wildman–Crippen MR) is 116 cm³/mol. The predicted octanol–water partition coefficient (Wildman–Crippen LogP) is 4.97. The number of ether oxygens (including phenoxy) is 1. The van der Waals surface area contributed by atoms with Gasteiger partial charge in [0.15, 0.2) is 5.82 Å². The number of fused-ring (bicyclic) bond motifs is 1. The molecule has 5 heteroatoms. The Bertz CT molecular complexity index is 1150. The van der Waals surface area contributed by atoms with Gasteiger partial charge in [0.05, 0.1) is 18.0 Å². The summed E-state index contributed by atoms with van der Waals surface area (Å²) in [5.41, 5.74) is 4.11. The first kappa shape index (κ1) is 17.6. The van der Waals surface area contributed by atoms with Crippen molar-refractivity contribution >= 4 is 16.7 Å². The minimum Gasteiger partial charge on any atom is -0.497 e. The summed E-state index contributed by atoms with van der Waals surface area (Å²) in [5.74, 6) is 2.56. The minimum atomic E-state index is 0.718. The first-order valence-corrected chi connectivity index (χ1v) is 9.94. The molecule has 0 amide bonds. The van der Waals surface area contributed by atoms with Crippen LogP contribution >= 0.6 is 0 Å². The second kappa shape index (κ2) is 7.51. The summed E-state index contributed by atoms with van der Waals surface area (Å²) < 4.78 is 5.45. The molecule has 0 aliphatic carbocycles. The maximum atomic E-state index is 5.45. The second-order valence-electron chi connectivity index (χ2n) is 7.24. The Labute approximate surface area is 170 Å². The molecule has 1 aliphatic heterocycles. The van der Waals surface area contributed by atoms with Crippen molar-refractivity contribution in [1.29, 1.82) is 0 Å². The van der Waals surface area contributed by atoms with Crippen LogP contribution in [0.15, 0.2) is 67.0 Å². The van der Waals surface area contributed by atoms with E-state index < -0.39 is 0 Å². The lowest BCUT2D eigenvalue weighted by molar-refractivity contribution is 0.415. The Hall–Kier alpha value is -3.47. The Morgan fingerprint density at radius 2 is 1.72 bits per heavy atom. The number of anilines is 1. The SMILES string of the molecule is COc1cccc(-c2cccc3nc(-c4cccnc4)nc(N4CCCC4)c23)c1. The summed E-state index contributed by atoms with van der Waals surface area (Å²) in [6, 6.07) is 18.4. The molecule has 0 saturated carbocycles. The van der Waals surface area contributed by atoms with Crippen molar-refractivity contribution in [3.8, 4) is 28.3 Å². The molecule has 0 N–H and O–H groups in total. The first-order valence-electron chi connectivity index (χ1n) is 9.94. The van der Waals surface area contributed by atoms with Gasteiger partial charge >= 0.3 is 0 Å². The highest BCUT2D eigenvalue weighted by Gasteiger charge is 2.21. The third-order valence-electron chi connectivity index (χ3n) is 5.41. The number of benzene rings is 2. The molecule has 1 fully saturated rings. The maximum Gasteiger partial charge on any atom is 0.163 e. The van der Waals surface area contributed by atoms with Gasteiger partial charge in [-0.1, -0.05) is 24.3 Å². The van der Waals surface area contributed by atoms with Gasteiger partial charge in [-0.05, 0) is 54.3 Å². The van der Waals surface area contributed by atoms with Crippen molar-refractivity contribution in [2.45, 2.75) is 12.8 Å². The van der Waals surface area contributed by atoms with Gasteiger partial charge in [0.25, 0.3) is 0 Å². The highest BCUT2D eigenvalue weighted by atomic mass is 16.5. The number of hydrogen-bond donors (Lipinski definition) is 0. The summed E-state index contributed by atoms with van der Waals surface area (Å²) in [5, 5.41) is 1.09. The Balaban J connectivity index is 1.77. The van der Waals surface area contributed by atoms with Crippen molar-refractivity contribution in [1.82, 2.24) is 15.0 Å². The van der Waals surface area contributed by atoms with E-state index >= 15 is 0 Å². The zero-order chi connectivity index (χ0) is 19.6. The fraction of sp³-hybridized carbons (Fsp3) is 0.208. The molecule has 3 heterocycles. The number of nitrogens with zero attached hydrogens (tertiary/aromatic N) is 4. The third-order valence-corrected chi connectivity index (χ3v) is 5.41. The van der Waals surface area contributed by atoms with Crippen LogP contribution in [0, 0.1) is 0 Å². The number of aromatic nitrogens is 3. The van der Waals surface area contributed by atoms with Crippen molar-refractivity contribution in [2.24, 2.45) is 0 Å². The Morgan fingerprint density at radius 1 is 0.897 bits per heavy atom. The highest BCUT2D eigenvalue weighted by Crippen LogP contribution is 2.37. The van der Waals surface area contributed by atoms with E-state index in [-0.39, 0.29) is 0 Å². The molecule has 0 spiro atoms. The van der Waals surface area contributed by atoms with Gasteiger partial charge in [-0.15, -0.1) is 0 Å². The van der Waals surface area contributed by atoms with E-state index in [2.05, 4.69) is 40.2 Å². The Kier molecular flexibility index (Phi) is 4.56. The van der Waals surface area contributed by atoms with Gasteiger partial charge in [-0.3, -0.25) is 4.98 Å². The molecule has 144 valence electrons. The second-order valence-corrected chi connectivity index (χ2v) is 7.24. The number of methoxy groups -OCH3 is 1. The quantitative estimate of drug-likeness (QED) is 0.499. The van der Waals surface area contributed by atoms with E-state index in [0.29, 0.717) is 0 Å². The fourth-order valence-corrected chi connectivity index (χ4v) is 3.98. The lowest BCUT2D eigenvalue weighted by Gasteiger charge is -2.21. The molecule has 2 aromatic heterocycles. The summed E-state index contributed by atoms with van der Waals surface area (Å²) in [4.78, 5) is 16.6. The molecule has 2 aromatic carbocycles. The molecule has 0 radical (unpaired) electrons. The van der Waals surface area contributed by atoms with E-state index in [1.807, 2.05) is 30.5 Å². The number of rotatable bonds is 4. The zero-order valence-electron chi connectivity index (χ0n) is 16.4. The number of pyridine rings is 1. The van der Waals surface area contributed by atoms with Gasteiger partial charge in [-0.25, -0.2) is 9.97 Å². The summed E-state index contributed by atoms with van der Waals surface area (Å²) in [6.45, 7) is 2.04. The Morgan fingerprint density at radius 3 is 2.52 bits per heavy atom. The lowest BCUT2D eigenvalue weighted by atomic mass is 10.00. The van der Waals surface area contributed by atoms with E-state index in [4.69, 9.17) is 14.7 Å². The largest absolute Gasteiger partial charge is 0.497 e. The average Bonchev–Trinajstić information content (AvgIpc) is 3.33. The smallest absolute Gasteiger partial charge is 0.163 e. The molecule has 0 unspecified atom stereocenters. The molecule has 5 rings (SSSR count). The van der Waals surface area contributed by atoms with E-state index in [1.54, 1.807) is 13.3 Å². The fourth-order valence-electron chi connectivity index (χ4n) is 3.98. The lowest BCUT2D eigenvalue weighted by Crippen LogP contribution is -2.20. The standard InChI is InChI=1S/C24H22N4O/c1-29-19-9-4-7-17(15-19)20-10-5-11-21-22(20)24(28-13-2-3-14-28)27-23(26-21)18-8-6-12-25-16-18/h4-12,15-16H,2-3,13-14H2,1H3. The molecule has 4 aromatic rings. The van der Waals surface area contributed by atoms with Gasteiger partial charge in [0.2, 0.25) is 0 Å². The van der Waals surface area contributed by atoms with Crippen LogP contribution in [0.4, 0.5) is 5.82 Å². The molecular formula is C24H22N4O. The van der Waals surface area contributed by atoms with Crippen molar-refractivity contribution in [3.63, 3.8) is 0 Å². The van der Waals surface area contributed by atoms with Crippen molar-refractivity contribution < 1.29 is 4.74 Å². The van der Waals surface area contributed by atoms with Crippen molar-refractivity contribution in [3.05, 3.63) is 67.0 Å². The molecule has 5 nitrogen and oxygen atoms in total. The molecule has 29 heavy (non-hydrogen) atoms. The number of hydrogen-bond acceptors (Lipinski definition) is 5. The van der Waals surface area contributed by atoms with Gasteiger partial charge < -0.3 is 9.64 Å². The summed E-state index contributed by atoms with van der Waals surface area (Å²) in [7, 11) is 1.70. The van der Waals surface area contributed by atoms with Crippen molar-refractivity contribution in [2.75, 3.05) is 25.1 Å². The maximum absolute atomic E-state index is 5.45. The topological polar surface area (TPSA) is 51.1 Å². The zero-order valence-corrected chi connectivity index (χ0v) is 16.4. The normalized spacial score (nSPS) is 13.8. The van der Waals surface area contributed by atoms with Crippen LogP contribution in [0.3, 0.4) is 0 Å². The first-order chi connectivity index (χ1) is 14.3. The third kappa shape index (κ3) is 3.29. The van der Waals surface area contributed by atoms with Gasteiger partial charge in [-0.2, -0.15) is 0 Å². The van der Waals surface area contributed by atoms with Gasteiger partial charge in [0.1, 0.15) is 11.6 Å². The average molecular weight is 382 g/mol. The molecule has 1 aliphatic rings. The van der Waals surface area contributed by atoms with E-state index in [1.165, 1.54) is 12.8 Å². The van der Waals surface area contributed by atoms with Crippen LogP contribution in [-0.2, 0) is 0 Å². The van der Waals surface area contributed by atoms with Crippen LogP contribution in [-0.4, -0.2) is 35.2 Å². The minimum absolute atomic E-state index is 0.718. The highest BCUT2D eigenvalue weighted by molar-refractivity contribution is 6.03. The molecule has 0 atom stereocenters.